The van der Waals surface area contributed by atoms with Crippen LogP contribution in [0.5, 0.6) is 0 Å². The van der Waals surface area contributed by atoms with Crippen LogP contribution in [0.2, 0.25) is 0 Å². The largest absolute Gasteiger partial charge is 0.481 e. The highest BCUT2D eigenvalue weighted by Gasteiger charge is 2.29. The minimum atomic E-state index is -0.716. The Labute approximate surface area is 107 Å². The van der Waals surface area contributed by atoms with Gasteiger partial charge in [-0.1, -0.05) is 12.1 Å². The van der Waals surface area contributed by atoms with Gasteiger partial charge in [-0.05, 0) is 49.3 Å². The van der Waals surface area contributed by atoms with E-state index in [4.69, 9.17) is 5.11 Å². The molecular formula is C15H19NO2. The summed E-state index contributed by atoms with van der Waals surface area (Å²) in [5.41, 5.74) is 3.95. The molecule has 0 spiro atoms. The maximum absolute atomic E-state index is 10.6. The van der Waals surface area contributed by atoms with Crippen LogP contribution >= 0.6 is 0 Å². The number of hydrogen-bond donors (Lipinski definition) is 1. The lowest BCUT2D eigenvalue weighted by Gasteiger charge is -2.36. The zero-order valence-electron chi connectivity index (χ0n) is 10.6. The van der Waals surface area contributed by atoms with Gasteiger partial charge in [-0.3, -0.25) is 4.79 Å². The molecule has 1 aromatic carbocycles. The van der Waals surface area contributed by atoms with E-state index in [0.717, 1.165) is 24.6 Å². The second kappa shape index (κ2) is 4.63. The van der Waals surface area contributed by atoms with Gasteiger partial charge in [0.1, 0.15) is 0 Å². The molecule has 0 radical (unpaired) electrons. The lowest BCUT2D eigenvalue weighted by Crippen LogP contribution is -2.38. The number of anilines is 1. The van der Waals surface area contributed by atoms with Crippen molar-refractivity contribution in [3.63, 3.8) is 0 Å². The van der Waals surface area contributed by atoms with Crippen LogP contribution in [0.25, 0.3) is 0 Å². The molecule has 18 heavy (non-hydrogen) atoms. The zero-order chi connectivity index (χ0) is 12.5. The van der Waals surface area contributed by atoms with Gasteiger partial charge in [0.05, 0.1) is 0 Å². The number of nitrogens with zero attached hydrogens (tertiary/aromatic N) is 1. The van der Waals surface area contributed by atoms with Crippen LogP contribution in [0.1, 0.15) is 36.8 Å². The Bertz CT molecular complexity index is 466. The SMILES string of the molecule is O=C(O)CCc1ccc2c(c1)N(C1CCC1)CC2. The van der Waals surface area contributed by atoms with Crippen molar-refractivity contribution in [1.29, 1.82) is 0 Å². The van der Waals surface area contributed by atoms with Gasteiger partial charge in [0, 0.05) is 24.7 Å². The van der Waals surface area contributed by atoms with E-state index < -0.39 is 5.97 Å². The molecule has 1 saturated carbocycles. The molecule has 0 bridgehead atoms. The van der Waals surface area contributed by atoms with Crippen LogP contribution in [0.3, 0.4) is 0 Å². The molecule has 1 aliphatic carbocycles. The first-order chi connectivity index (χ1) is 8.74. The highest BCUT2D eigenvalue weighted by atomic mass is 16.4. The monoisotopic (exact) mass is 245 g/mol. The maximum Gasteiger partial charge on any atom is 0.303 e. The second-order valence-corrected chi connectivity index (χ2v) is 5.38. The Kier molecular flexibility index (Phi) is 2.98. The molecule has 1 fully saturated rings. The topological polar surface area (TPSA) is 40.5 Å². The van der Waals surface area contributed by atoms with Crippen LogP contribution < -0.4 is 4.90 Å². The summed E-state index contributed by atoms with van der Waals surface area (Å²) in [5.74, 6) is -0.716. The normalized spacial score (nSPS) is 18.6. The van der Waals surface area contributed by atoms with Gasteiger partial charge in [0.25, 0.3) is 0 Å². The number of carboxylic acids is 1. The lowest BCUT2D eigenvalue weighted by atomic mass is 9.91. The minimum absolute atomic E-state index is 0.224. The molecule has 1 N–H and O–H groups in total. The summed E-state index contributed by atoms with van der Waals surface area (Å²) in [7, 11) is 0. The standard InChI is InChI=1S/C15H19NO2/c17-15(18)7-5-11-4-6-12-8-9-16(14(12)10-11)13-2-1-3-13/h4,6,10,13H,1-3,5,7-9H2,(H,17,18). The van der Waals surface area contributed by atoms with Crippen LogP contribution in [0, 0.1) is 0 Å². The van der Waals surface area contributed by atoms with Crippen molar-refractivity contribution in [2.24, 2.45) is 0 Å². The van der Waals surface area contributed by atoms with Gasteiger partial charge < -0.3 is 10.0 Å². The molecule has 2 aliphatic rings. The molecule has 1 aliphatic heterocycles. The Hall–Kier alpha value is -1.51. The molecule has 1 aromatic rings. The zero-order valence-corrected chi connectivity index (χ0v) is 10.6. The molecular weight excluding hydrogens is 226 g/mol. The summed E-state index contributed by atoms with van der Waals surface area (Å²) in [6, 6.07) is 7.22. The molecule has 0 amide bonds. The summed E-state index contributed by atoms with van der Waals surface area (Å²) in [6.45, 7) is 1.14. The Morgan fingerprint density at radius 2 is 2.22 bits per heavy atom. The molecule has 3 heteroatoms. The van der Waals surface area contributed by atoms with Gasteiger partial charge in [-0.25, -0.2) is 0 Å². The van der Waals surface area contributed by atoms with E-state index in [9.17, 15) is 4.79 Å². The molecule has 1 heterocycles. The number of hydrogen-bond acceptors (Lipinski definition) is 2. The van der Waals surface area contributed by atoms with Crippen LogP contribution in [-0.2, 0) is 17.6 Å². The third-order valence-electron chi connectivity index (χ3n) is 4.22. The van der Waals surface area contributed by atoms with Crippen molar-refractivity contribution in [1.82, 2.24) is 0 Å². The highest BCUT2D eigenvalue weighted by Crippen LogP contribution is 2.36. The van der Waals surface area contributed by atoms with Crippen molar-refractivity contribution in [2.75, 3.05) is 11.4 Å². The Morgan fingerprint density at radius 1 is 1.39 bits per heavy atom. The van der Waals surface area contributed by atoms with Crippen molar-refractivity contribution in [3.05, 3.63) is 29.3 Å². The predicted molar refractivity (Wildman–Crippen MR) is 71.1 cm³/mol. The average Bonchev–Trinajstić information content (AvgIpc) is 2.68. The van der Waals surface area contributed by atoms with E-state index in [1.807, 2.05) is 0 Å². The van der Waals surface area contributed by atoms with Gasteiger partial charge >= 0.3 is 5.97 Å². The molecule has 3 rings (SSSR count). The number of aliphatic carboxylic acids is 1. The highest BCUT2D eigenvalue weighted by molar-refractivity contribution is 5.67. The fraction of sp³-hybridized carbons (Fsp3) is 0.533. The molecule has 0 aromatic heterocycles. The third kappa shape index (κ3) is 2.09. The van der Waals surface area contributed by atoms with Crippen molar-refractivity contribution in [2.45, 2.75) is 44.6 Å². The summed E-state index contributed by atoms with van der Waals surface area (Å²) >= 11 is 0. The first-order valence-electron chi connectivity index (χ1n) is 6.84. The van der Waals surface area contributed by atoms with E-state index in [1.54, 1.807) is 0 Å². The number of carboxylic acid groups (broad SMARTS) is 1. The summed E-state index contributed by atoms with van der Waals surface area (Å²) < 4.78 is 0. The molecule has 0 saturated heterocycles. The quantitative estimate of drug-likeness (QED) is 0.886. The Morgan fingerprint density at radius 3 is 2.89 bits per heavy atom. The number of benzene rings is 1. The summed E-state index contributed by atoms with van der Waals surface area (Å²) in [4.78, 5) is 13.2. The first-order valence-corrected chi connectivity index (χ1v) is 6.84. The van der Waals surface area contributed by atoms with Crippen molar-refractivity contribution >= 4 is 11.7 Å². The van der Waals surface area contributed by atoms with Crippen LogP contribution in [0.4, 0.5) is 5.69 Å². The van der Waals surface area contributed by atoms with E-state index in [2.05, 4.69) is 23.1 Å². The summed E-state index contributed by atoms with van der Waals surface area (Å²) in [5, 5.41) is 8.75. The average molecular weight is 245 g/mol. The fourth-order valence-electron chi connectivity index (χ4n) is 2.93. The van der Waals surface area contributed by atoms with E-state index in [0.29, 0.717) is 6.42 Å². The molecule has 3 nitrogen and oxygen atoms in total. The van der Waals surface area contributed by atoms with E-state index in [1.165, 1.54) is 30.5 Å². The Balaban J connectivity index is 1.78. The summed E-state index contributed by atoms with van der Waals surface area (Å²) in [6.07, 6.45) is 6.00. The number of carbonyl (C=O) groups is 1. The minimum Gasteiger partial charge on any atom is -0.481 e. The number of fused-ring (bicyclic) bond motifs is 1. The van der Waals surface area contributed by atoms with Crippen molar-refractivity contribution in [3.8, 4) is 0 Å². The number of aryl methyl sites for hydroxylation is 1. The second-order valence-electron chi connectivity index (χ2n) is 5.38. The first kappa shape index (κ1) is 11.6. The predicted octanol–water partition coefficient (Wildman–Crippen LogP) is 2.62. The van der Waals surface area contributed by atoms with Gasteiger partial charge in [0.2, 0.25) is 0 Å². The smallest absolute Gasteiger partial charge is 0.303 e. The van der Waals surface area contributed by atoms with E-state index in [-0.39, 0.29) is 6.42 Å². The van der Waals surface area contributed by atoms with Gasteiger partial charge in [-0.15, -0.1) is 0 Å². The fourth-order valence-corrected chi connectivity index (χ4v) is 2.93. The third-order valence-corrected chi connectivity index (χ3v) is 4.22. The molecule has 0 atom stereocenters. The molecule has 96 valence electrons. The van der Waals surface area contributed by atoms with Crippen LogP contribution in [0.15, 0.2) is 18.2 Å². The van der Waals surface area contributed by atoms with E-state index >= 15 is 0 Å². The van der Waals surface area contributed by atoms with Gasteiger partial charge in [-0.2, -0.15) is 0 Å². The number of rotatable bonds is 4. The van der Waals surface area contributed by atoms with Gasteiger partial charge in [0.15, 0.2) is 0 Å². The molecule has 0 unspecified atom stereocenters. The van der Waals surface area contributed by atoms with Crippen molar-refractivity contribution < 1.29 is 9.90 Å². The maximum atomic E-state index is 10.6. The van der Waals surface area contributed by atoms with Crippen LogP contribution in [-0.4, -0.2) is 23.7 Å². The lowest BCUT2D eigenvalue weighted by molar-refractivity contribution is -0.136.